The summed E-state index contributed by atoms with van der Waals surface area (Å²) in [7, 11) is -6.83. The molecule has 0 saturated carbocycles. The number of rotatable bonds is 5. The predicted molar refractivity (Wildman–Crippen MR) is 103 cm³/mol. The van der Waals surface area contributed by atoms with Gasteiger partial charge in [0.1, 0.15) is 4.90 Å². The fraction of sp³-hybridized carbons (Fsp3) is 0.312. The van der Waals surface area contributed by atoms with Crippen molar-refractivity contribution in [2.75, 3.05) is 16.2 Å². The third-order valence-corrected chi connectivity index (χ3v) is 8.42. The molecule has 2 N–H and O–H groups in total. The molecule has 0 aliphatic carbocycles. The zero-order valence-corrected chi connectivity index (χ0v) is 16.7. The summed E-state index contributed by atoms with van der Waals surface area (Å²) in [6.07, 6.45) is 4.25. The van der Waals surface area contributed by atoms with Crippen molar-refractivity contribution in [3.63, 3.8) is 0 Å². The van der Waals surface area contributed by atoms with Crippen molar-refractivity contribution in [2.24, 2.45) is 5.41 Å². The second-order valence-electron chi connectivity index (χ2n) is 7.19. The van der Waals surface area contributed by atoms with Crippen LogP contribution >= 0.6 is 11.6 Å². The number of aromatic amines is 1. The van der Waals surface area contributed by atoms with Crippen LogP contribution in [0.5, 0.6) is 0 Å². The van der Waals surface area contributed by atoms with Crippen molar-refractivity contribution in [3.05, 3.63) is 41.8 Å². The smallest absolute Gasteiger partial charge is 0.265 e. The lowest BCUT2D eigenvalue weighted by Crippen LogP contribution is -2.48. The molecule has 1 aliphatic heterocycles. The Morgan fingerprint density at radius 3 is 2.81 bits per heavy atom. The standard InChI is InChI=1S/C16H17ClN4O4S2/c1-16(9-26(22,23)10-16)8-21-7-11(5-19-21)27(24,25)20-14-4-2-3-12-13(17)6-18-15(12)14/h2-7,18,20H,8-10H2,1H3. The van der Waals surface area contributed by atoms with Gasteiger partial charge in [-0.2, -0.15) is 5.10 Å². The maximum atomic E-state index is 12.7. The molecule has 0 atom stereocenters. The highest BCUT2D eigenvalue weighted by atomic mass is 35.5. The highest BCUT2D eigenvalue weighted by molar-refractivity contribution is 7.93. The number of benzene rings is 1. The number of nitrogens with one attached hydrogen (secondary N) is 2. The van der Waals surface area contributed by atoms with Crippen LogP contribution in [-0.4, -0.2) is 43.1 Å². The van der Waals surface area contributed by atoms with Gasteiger partial charge < -0.3 is 4.98 Å². The van der Waals surface area contributed by atoms with E-state index in [1.165, 1.54) is 17.1 Å². The van der Waals surface area contributed by atoms with Gasteiger partial charge in [0.25, 0.3) is 10.0 Å². The second-order valence-corrected chi connectivity index (χ2v) is 11.3. The van der Waals surface area contributed by atoms with Crippen molar-refractivity contribution < 1.29 is 16.8 Å². The minimum Gasteiger partial charge on any atom is -0.358 e. The summed E-state index contributed by atoms with van der Waals surface area (Å²) in [6.45, 7) is 2.18. The Labute approximate surface area is 161 Å². The molecule has 0 amide bonds. The quantitative estimate of drug-likeness (QED) is 0.646. The van der Waals surface area contributed by atoms with E-state index in [-0.39, 0.29) is 16.4 Å². The van der Waals surface area contributed by atoms with E-state index >= 15 is 0 Å². The van der Waals surface area contributed by atoms with E-state index in [0.717, 1.165) is 0 Å². The first kappa shape index (κ1) is 18.3. The zero-order chi connectivity index (χ0) is 19.4. The number of para-hydroxylation sites is 1. The molecule has 0 bridgehead atoms. The maximum Gasteiger partial charge on any atom is 0.265 e. The van der Waals surface area contributed by atoms with Crippen LogP contribution in [0, 0.1) is 5.41 Å². The van der Waals surface area contributed by atoms with E-state index in [2.05, 4.69) is 14.8 Å². The summed E-state index contributed by atoms with van der Waals surface area (Å²) in [5, 5.41) is 5.30. The number of sulfone groups is 1. The third kappa shape index (κ3) is 3.44. The van der Waals surface area contributed by atoms with Gasteiger partial charge in [-0.3, -0.25) is 9.40 Å². The van der Waals surface area contributed by atoms with Gasteiger partial charge in [0.15, 0.2) is 9.84 Å². The Morgan fingerprint density at radius 1 is 1.37 bits per heavy atom. The van der Waals surface area contributed by atoms with Crippen molar-refractivity contribution in [3.8, 4) is 0 Å². The second kappa shape index (κ2) is 5.98. The number of H-pyrrole nitrogens is 1. The lowest BCUT2D eigenvalue weighted by molar-refractivity contribution is 0.299. The Balaban J connectivity index is 1.57. The van der Waals surface area contributed by atoms with Gasteiger partial charge in [-0.25, -0.2) is 16.8 Å². The molecule has 0 spiro atoms. The van der Waals surface area contributed by atoms with Crippen molar-refractivity contribution in [1.82, 2.24) is 14.8 Å². The molecule has 27 heavy (non-hydrogen) atoms. The SMILES string of the molecule is CC1(Cn2cc(S(=O)(=O)Nc3cccc4c(Cl)c[nH]c34)cn2)CS(=O)(=O)C1. The lowest BCUT2D eigenvalue weighted by Gasteiger charge is -2.37. The van der Waals surface area contributed by atoms with E-state index in [1.807, 2.05) is 6.92 Å². The molecule has 1 saturated heterocycles. The number of aromatic nitrogens is 3. The summed E-state index contributed by atoms with van der Waals surface area (Å²) in [6, 6.07) is 5.13. The minimum absolute atomic E-state index is 0.00272. The fourth-order valence-electron chi connectivity index (χ4n) is 3.48. The fourth-order valence-corrected chi connectivity index (χ4v) is 6.94. The van der Waals surface area contributed by atoms with Gasteiger partial charge in [-0.15, -0.1) is 0 Å². The number of fused-ring (bicyclic) bond motifs is 1. The number of anilines is 1. The molecule has 1 aliphatic rings. The van der Waals surface area contributed by atoms with Crippen LogP contribution in [0.3, 0.4) is 0 Å². The minimum atomic E-state index is -3.86. The molecule has 0 radical (unpaired) electrons. The number of halogens is 1. The van der Waals surface area contributed by atoms with Crippen LogP contribution in [0.2, 0.25) is 5.02 Å². The van der Waals surface area contributed by atoms with Crippen molar-refractivity contribution in [2.45, 2.75) is 18.4 Å². The molecule has 4 rings (SSSR count). The van der Waals surface area contributed by atoms with Gasteiger partial charge in [-0.05, 0) is 6.07 Å². The van der Waals surface area contributed by atoms with Gasteiger partial charge in [-0.1, -0.05) is 30.7 Å². The molecule has 3 heterocycles. The molecule has 2 aromatic heterocycles. The Bertz CT molecular complexity index is 1230. The van der Waals surface area contributed by atoms with Gasteiger partial charge in [0.05, 0.1) is 33.9 Å². The summed E-state index contributed by atoms with van der Waals surface area (Å²) in [4.78, 5) is 2.96. The largest absolute Gasteiger partial charge is 0.358 e. The first-order chi connectivity index (χ1) is 12.6. The molecule has 3 aromatic rings. The first-order valence-electron chi connectivity index (χ1n) is 8.08. The van der Waals surface area contributed by atoms with E-state index < -0.39 is 25.3 Å². The van der Waals surface area contributed by atoms with Crippen molar-refractivity contribution in [1.29, 1.82) is 0 Å². The topological polar surface area (TPSA) is 114 Å². The highest BCUT2D eigenvalue weighted by Gasteiger charge is 2.45. The van der Waals surface area contributed by atoms with Crippen LogP contribution in [0.1, 0.15) is 6.92 Å². The summed E-state index contributed by atoms with van der Waals surface area (Å²) >= 11 is 6.07. The van der Waals surface area contributed by atoms with Crippen LogP contribution in [0.25, 0.3) is 10.9 Å². The summed E-state index contributed by atoms with van der Waals surface area (Å²) in [5.41, 5.74) is 0.543. The molecule has 11 heteroatoms. The number of nitrogens with zero attached hydrogens (tertiary/aromatic N) is 2. The van der Waals surface area contributed by atoms with Crippen LogP contribution in [-0.2, 0) is 26.4 Å². The van der Waals surface area contributed by atoms with Crippen molar-refractivity contribution >= 4 is 48.1 Å². The van der Waals surface area contributed by atoms with E-state index in [1.54, 1.807) is 24.4 Å². The highest BCUT2D eigenvalue weighted by Crippen LogP contribution is 2.34. The zero-order valence-electron chi connectivity index (χ0n) is 14.3. The Hall–Kier alpha value is -2.04. The van der Waals surface area contributed by atoms with Crippen LogP contribution in [0.15, 0.2) is 41.7 Å². The monoisotopic (exact) mass is 428 g/mol. The lowest BCUT2D eigenvalue weighted by atomic mass is 9.95. The average Bonchev–Trinajstić information content (AvgIpc) is 3.13. The van der Waals surface area contributed by atoms with E-state index in [4.69, 9.17) is 11.6 Å². The molecule has 1 aromatic carbocycles. The van der Waals surface area contributed by atoms with E-state index in [9.17, 15) is 16.8 Å². The van der Waals surface area contributed by atoms with Gasteiger partial charge >= 0.3 is 0 Å². The number of hydrogen-bond donors (Lipinski definition) is 2. The Kier molecular flexibility index (Phi) is 4.06. The van der Waals surface area contributed by atoms with Gasteiger partial charge in [0.2, 0.25) is 0 Å². The molecule has 1 fully saturated rings. The maximum absolute atomic E-state index is 12.7. The van der Waals surface area contributed by atoms with Crippen LogP contribution in [0.4, 0.5) is 5.69 Å². The molecule has 0 unspecified atom stereocenters. The molecule has 8 nitrogen and oxygen atoms in total. The average molecular weight is 429 g/mol. The predicted octanol–water partition coefficient (Wildman–Crippen LogP) is 2.25. The normalized spacial score (nSPS) is 18.3. The first-order valence-corrected chi connectivity index (χ1v) is 11.8. The molecular weight excluding hydrogens is 412 g/mol. The van der Waals surface area contributed by atoms with Gasteiger partial charge in [0, 0.05) is 29.7 Å². The summed E-state index contributed by atoms with van der Waals surface area (Å²) < 4.78 is 52.3. The van der Waals surface area contributed by atoms with Crippen LogP contribution < -0.4 is 4.72 Å². The third-order valence-electron chi connectivity index (χ3n) is 4.51. The summed E-state index contributed by atoms with van der Waals surface area (Å²) in [5.74, 6) is 0.158. The molecule has 144 valence electrons. The number of sulfonamides is 1. The number of hydrogen-bond acceptors (Lipinski definition) is 5. The van der Waals surface area contributed by atoms with E-state index in [0.29, 0.717) is 28.2 Å². The molecular formula is C16H17ClN4O4S2. The Morgan fingerprint density at radius 2 is 2.11 bits per heavy atom.